The van der Waals surface area contributed by atoms with Gasteiger partial charge in [-0.3, -0.25) is 4.79 Å². The van der Waals surface area contributed by atoms with Crippen molar-refractivity contribution in [1.82, 2.24) is 0 Å². The molecule has 2 aromatic carbocycles. The van der Waals surface area contributed by atoms with Gasteiger partial charge in [-0.25, -0.2) is 0 Å². The second-order valence-electron chi connectivity index (χ2n) is 6.13. The van der Waals surface area contributed by atoms with Crippen LogP contribution in [0.15, 0.2) is 81.5 Å². The van der Waals surface area contributed by atoms with Crippen molar-refractivity contribution in [1.29, 1.82) is 0 Å². The van der Waals surface area contributed by atoms with Crippen LogP contribution < -0.4 is 5.43 Å². The molecule has 0 spiro atoms. The topological polar surface area (TPSA) is 50.4 Å². The number of phenolic OH excluding ortho intramolecular Hbond substituents is 1. The molecule has 0 amide bonds. The molecular weight excluding hydrogens is 312 g/mol. The normalized spacial score (nSPS) is 11.1. The Bertz CT molecular complexity index is 1000. The molecule has 3 rings (SSSR count). The molecule has 0 unspecified atom stereocenters. The Kier molecular flexibility index (Phi) is 4.85. The predicted octanol–water partition coefficient (Wildman–Crippen LogP) is 5.23. The smallest absolute Gasteiger partial charge is 0.200 e. The van der Waals surface area contributed by atoms with Crippen LogP contribution in [-0.2, 0) is 6.42 Å². The third kappa shape index (κ3) is 3.56. The molecule has 25 heavy (non-hydrogen) atoms. The van der Waals surface area contributed by atoms with E-state index in [1.807, 2.05) is 62.4 Å². The number of aromatic hydroxyl groups is 1. The van der Waals surface area contributed by atoms with E-state index in [4.69, 9.17) is 4.42 Å². The van der Waals surface area contributed by atoms with Crippen LogP contribution in [0.5, 0.6) is 5.75 Å². The standard InChI is InChI=1S/C22H20O3/c1-15(2)9-6-7-12-17-21(24)20-18(23)13-8-14-19(20)25-22(17)16-10-4-3-5-11-16/h3-11,13-14,23H,12H2,1-2H3/b7-6+. The molecule has 0 saturated carbocycles. The highest BCUT2D eigenvalue weighted by Crippen LogP contribution is 2.29. The van der Waals surface area contributed by atoms with Gasteiger partial charge < -0.3 is 9.52 Å². The summed E-state index contributed by atoms with van der Waals surface area (Å²) in [6.45, 7) is 4.03. The van der Waals surface area contributed by atoms with E-state index in [1.165, 1.54) is 11.6 Å². The Morgan fingerprint density at radius 2 is 1.84 bits per heavy atom. The third-order valence-electron chi connectivity index (χ3n) is 3.92. The number of allylic oxidation sites excluding steroid dienone is 4. The van der Waals surface area contributed by atoms with Crippen molar-refractivity contribution >= 4 is 11.0 Å². The van der Waals surface area contributed by atoms with Crippen molar-refractivity contribution in [2.75, 3.05) is 0 Å². The average Bonchev–Trinajstić information content (AvgIpc) is 2.60. The summed E-state index contributed by atoms with van der Waals surface area (Å²) in [6.07, 6.45) is 6.28. The van der Waals surface area contributed by atoms with Gasteiger partial charge in [0, 0.05) is 11.1 Å². The maximum Gasteiger partial charge on any atom is 0.200 e. The number of fused-ring (bicyclic) bond motifs is 1. The molecule has 1 N–H and O–H groups in total. The Morgan fingerprint density at radius 1 is 1.08 bits per heavy atom. The average molecular weight is 332 g/mol. The number of phenols is 1. The number of hydrogen-bond acceptors (Lipinski definition) is 3. The van der Waals surface area contributed by atoms with Crippen LogP contribution in [0.4, 0.5) is 0 Å². The third-order valence-corrected chi connectivity index (χ3v) is 3.92. The molecule has 0 fully saturated rings. The minimum absolute atomic E-state index is 0.0552. The lowest BCUT2D eigenvalue weighted by Gasteiger charge is -2.09. The Hall–Kier alpha value is -3.07. The summed E-state index contributed by atoms with van der Waals surface area (Å²) in [5.74, 6) is 0.492. The van der Waals surface area contributed by atoms with Gasteiger partial charge in [0.2, 0.25) is 5.43 Å². The molecule has 1 aromatic heterocycles. The zero-order chi connectivity index (χ0) is 17.8. The highest BCUT2D eigenvalue weighted by atomic mass is 16.3. The SMILES string of the molecule is CC(C)=C/C=C/Cc1c(-c2ccccc2)oc2cccc(O)c2c1=O. The zero-order valence-corrected chi connectivity index (χ0v) is 14.3. The maximum atomic E-state index is 13.0. The van der Waals surface area contributed by atoms with Crippen molar-refractivity contribution in [3.8, 4) is 17.1 Å². The van der Waals surface area contributed by atoms with E-state index in [0.29, 0.717) is 23.3 Å². The predicted molar refractivity (Wildman–Crippen MR) is 102 cm³/mol. The van der Waals surface area contributed by atoms with E-state index in [9.17, 15) is 9.90 Å². The van der Waals surface area contributed by atoms with Gasteiger partial charge in [-0.1, -0.05) is 60.2 Å². The van der Waals surface area contributed by atoms with Crippen LogP contribution in [0.2, 0.25) is 0 Å². The fourth-order valence-corrected chi connectivity index (χ4v) is 2.71. The first kappa shape index (κ1) is 16.8. The Balaban J connectivity index is 2.22. The highest BCUT2D eigenvalue weighted by molar-refractivity contribution is 5.85. The van der Waals surface area contributed by atoms with Crippen LogP contribution in [0.3, 0.4) is 0 Å². The van der Waals surface area contributed by atoms with Crippen molar-refractivity contribution in [2.24, 2.45) is 0 Å². The summed E-state index contributed by atoms with van der Waals surface area (Å²) in [4.78, 5) is 13.0. The highest BCUT2D eigenvalue weighted by Gasteiger charge is 2.17. The fourth-order valence-electron chi connectivity index (χ4n) is 2.71. The first-order valence-corrected chi connectivity index (χ1v) is 8.21. The molecule has 0 aliphatic heterocycles. The fraction of sp³-hybridized carbons (Fsp3) is 0.136. The zero-order valence-electron chi connectivity index (χ0n) is 14.3. The summed E-state index contributed by atoms with van der Waals surface area (Å²) in [5, 5.41) is 10.3. The van der Waals surface area contributed by atoms with Crippen LogP contribution in [0.1, 0.15) is 19.4 Å². The molecule has 3 heteroatoms. The van der Waals surface area contributed by atoms with Crippen LogP contribution in [0, 0.1) is 0 Å². The van der Waals surface area contributed by atoms with Gasteiger partial charge in [0.05, 0.1) is 0 Å². The number of hydrogen-bond donors (Lipinski definition) is 1. The van der Waals surface area contributed by atoms with E-state index in [-0.39, 0.29) is 16.6 Å². The van der Waals surface area contributed by atoms with Crippen molar-refractivity contribution < 1.29 is 9.52 Å². The van der Waals surface area contributed by atoms with Gasteiger partial charge >= 0.3 is 0 Å². The number of benzene rings is 2. The quantitative estimate of drug-likeness (QED) is 0.666. The molecular formula is C22H20O3. The minimum atomic E-state index is -0.194. The van der Waals surface area contributed by atoms with Gasteiger partial charge in [-0.15, -0.1) is 0 Å². The molecule has 0 radical (unpaired) electrons. The molecule has 126 valence electrons. The molecule has 0 saturated heterocycles. The molecule has 3 aromatic rings. The van der Waals surface area contributed by atoms with Crippen LogP contribution in [0.25, 0.3) is 22.3 Å². The largest absolute Gasteiger partial charge is 0.507 e. The Labute approximate surface area is 146 Å². The maximum absolute atomic E-state index is 13.0. The molecule has 3 nitrogen and oxygen atoms in total. The molecule has 0 aliphatic carbocycles. The van der Waals surface area contributed by atoms with E-state index in [0.717, 1.165) is 5.56 Å². The second-order valence-corrected chi connectivity index (χ2v) is 6.13. The summed E-state index contributed by atoms with van der Waals surface area (Å²) in [5.41, 5.74) is 2.76. The molecule has 0 atom stereocenters. The van der Waals surface area contributed by atoms with E-state index in [2.05, 4.69) is 0 Å². The summed E-state index contributed by atoms with van der Waals surface area (Å²) < 4.78 is 6.01. The van der Waals surface area contributed by atoms with E-state index in [1.54, 1.807) is 12.1 Å². The summed E-state index contributed by atoms with van der Waals surface area (Å²) in [7, 11) is 0. The van der Waals surface area contributed by atoms with Gasteiger partial charge in [0.15, 0.2) is 0 Å². The minimum Gasteiger partial charge on any atom is -0.507 e. The van der Waals surface area contributed by atoms with Crippen molar-refractivity contribution in [3.63, 3.8) is 0 Å². The monoisotopic (exact) mass is 332 g/mol. The van der Waals surface area contributed by atoms with Crippen LogP contribution in [-0.4, -0.2) is 5.11 Å². The molecule has 1 heterocycles. The number of rotatable bonds is 4. The summed E-state index contributed by atoms with van der Waals surface area (Å²) in [6, 6.07) is 14.4. The van der Waals surface area contributed by atoms with E-state index >= 15 is 0 Å². The Morgan fingerprint density at radius 3 is 2.56 bits per heavy atom. The van der Waals surface area contributed by atoms with Gasteiger partial charge in [0.25, 0.3) is 0 Å². The molecule has 0 aliphatic rings. The van der Waals surface area contributed by atoms with E-state index < -0.39 is 0 Å². The first-order chi connectivity index (χ1) is 12.1. The summed E-state index contributed by atoms with van der Waals surface area (Å²) >= 11 is 0. The van der Waals surface area contributed by atoms with Crippen LogP contribution >= 0.6 is 0 Å². The first-order valence-electron chi connectivity index (χ1n) is 8.21. The van der Waals surface area contributed by atoms with Crippen molar-refractivity contribution in [3.05, 3.63) is 88.1 Å². The van der Waals surface area contributed by atoms with Crippen molar-refractivity contribution in [2.45, 2.75) is 20.3 Å². The van der Waals surface area contributed by atoms with Gasteiger partial charge in [0.1, 0.15) is 22.5 Å². The van der Waals surface area contributed by atoms with Gasteiger partial charge in [-0.05, 0) is 32.4 Å². The lowest BCUT2D eigenvalue weighted by atomic mass is 10.0. The second kappa shape index (κ2) is 7.22. The lowest BCUT2D eigenvalue weighted by Crippen LogP contribution is -2.10. The van der Waals surface area contributed by atoms with Gasteiger partial charge in [-0.2, -0.15) is 0 Å². The molecule has 0 bridgehead atoms. The lowest BCUT2D eigenvalue weighted by molar-refractivity contribution is 0.479.